The molecule has 0 radical (unpaired) electrons. The van der Waals surface area contributed by atoms with Crippen molar-refractivity contribution >= 4 is 43.6 Å². The lowest BCUT2D eigenvalue weighted by Crippen LogP contribution is -2.30. The van der Waals surface area contributed by atoms with Gasteiger partial charge in [0.15, 0.2) is 0 Å². The molecule has 94 heavy (non-hydrogen) atoms. The fraction of sp³-hybridized carbons (Fsp3) is 0.455. The highest BCUT2D eigenvalue weighted by molar-refractivity contribution is 6.11. The molecule has 6 nitrogen and oxygen atoms in total. The van der Waals surface area contributed by atoms with Gasteiger partial charge < -0.3 is 28.8 Å². The largest absolute Gasteiger partial charge is 0.505 e. The van der Waals surface area contributed by atoms with E-state index in [9.17, 15) is 10.2 Å². The number of aromatic nitrogens is 2. The molecular formula is C88H110N2O4. The van der Waals surface area contributed by atoms with E-state index in [4.69, 9.17) is 9.47 Å². The van der Waals surface area contributed by atoms with Gasteiger partial charge >= 0.3 is 0 Å². The summed E-state index contributed by atoms with van der Waals surface area (Å²) in [6, 6.07) is 53.3. The summed E-state index contributed by atoms with van der Waals surface area (Å²) in [4.78, 5) is 0. The number of phenols is 2. The third kappa shape index (κ3) is 13.7. The lowest BCUT2D eigenvalue weighted by molar-refractivity contribution is 0.105. The van der Waals surface area contributed by atoms with Gasteiger partial charge in [-0.3, -0.25) is 0 Å². The quantitative estimate of drug-likeness (QED) is 0.114. The summed E-state index contributed by atoms with van der Waals surface area (Å²) in [6.45, 7) is 51.7. The summed E-state index contributed by atoms with van der Waals surface area (Å²) in [5, 5.41) is 31.2. The van der Waals surface area contributed by atoms with Crippen LogP contribution in [0, 0.1) is 22.7 Å². The topological polar surface area (TPSA) is 68.8 Å². The number of phenolic OH excluding ortho intramolecular Hbond substituents is 2. The number of hydrogen-bond acceptors (Lipinski definition) is 4. The summed E-state index contributed by atoms with van der Waals surface area (Å²) in [5.41, 5.74) is 15.9. The van der Waals surface area contributed by atoms with Gasteiger partial charge in [0.05, 0.1) is 46.7 Å². The Bertz CT molecular complexity index is 4050. The molecule has 8 aromatic carbocycles. The molecule has 0 aliphatic heterocycles. The van der Waals surface area contributed by atoms with E-state index in [2.05, 4.69) is 307 Å². The van der Waals surface area contributed by atoms with Crippen molar-refractivity contribution in [1.29, 1.82) is 0 Å². The van der Waals surface area contributed by atoms with Crippen LogP contribution in [0.3, 0.4) is 0 Å². The van der Waals surface area contributed by atoms with Gasteiger partial charge in [-0.05, 0) is 199 Å². The normalized spacial score (nSPS) is 15.9. The smallest absolute Gasteiger partial charge is 0.147 e. The Morgan fingerprint density at radius 1 is 0.340 bits per heavy atom. The molecule has 1 unspecified atom stereocenters. The zero-order valence-electron chi connectivity index (χ0n) is 61.3. The molecule has 6 heteroatoms. The molecular weight excluding hydrogens is 1150 g/mol. The van der Waals surface area contributed by atoms with Crippen molar-refractivity contribution in [2.45, 2.75) is 223 Å². The molecule has 1 aliphatic rings. The minimum absolute atomic E-state index is 0.0468. The van der Waals surface area contributed by atoms with Crippen LogP contribution < -0.4 is 9.47 Å². The average Bonchev–Trinajstić information content (AvgIpc) is 1.58. The van der Waals surface area contributed by atoms with Crippen molar-refractivity contribution in [1.82, 2.24) is 9.13 Å². The molecule has 2 aromatic heterocycles. The molecule has 1 fully saturated rings. The minimum atomic E-state index is -0.247. The average molecular weight is 1260 g/mol. The Hall–Kier alpha value is -7.44. The summed E-state index contributed by atoms with van der Waals surface area (Å²) in [6.07, 6.45) is 6.17. The molecule has 10 aromatic rings. The number of para-hydroxylation sites is 2. The first-order valence-electron chi connectivity index (χ1n) is 35.1. The van der Waals surface area contributed by atoms with Crippen LogP contribution in [0.25, 0.3) is 77.2 Å². The SMILES string of the molecule is CC(C)(C)CC(C)(C)c1cc(-c2ccccc2OCC2CCCC[C@H]2COc2ccccc2-c2cc(C(C)(C)CC(C)(C)C)cc(-n3c4ccc(C(C)(C)C)cc4c4cc(C(C)(C)C)ccc43)c2O)c(O)c(-n2c3ccc(C(C)(C)C)cc3c3cc(C(C)(C)C)ccc32)c1. The zero-order chi connectivity index (χ0) is 68.2. The highest BCUT2D eigenvalue weighted by Crippen LogP contribution is 2.51. The van der Waals surface area contributed by atoms with Crippen molar-refractivity contribution in [3.8, 4) is 56.6 Å². The van der Waals surface area contributed by atoms with Gasteiger partial charge in [-0.15, -0.1) is 0 Å². The van der Waals surface area contributed by atoms with E-state index in [1.54, 1.807) is 0 Å². The molecule has 2 heterocycles. The van der Waals surface area contributed by atoms with Crippen LogP contribution in [0.5, 0.6) is 23.0 Å². The van der Waals surface area contributed by atoms with Crippen LogP contribution in [0.15, 0.2) is 146 Å². The third-order valence-corrected chi connectivity index (χ3v) is 20.5. The molecule has 0 spiro atoms. The maximum Gasteiger partial charge on any atom is 0.147 e. The van der Waals surface area contributed by atoms with Crippen molar-refractivity contribution in [2.75, 3.05) is 13.2 Å². The van der Waals surface area contributed by atoms with Crippen molar-refractivity contribution < 1.29 is 19.7 Å². The van der Waals surface area contributed by atoms with E-state index >= 15 is 0 Å². The predicted molar refractivity (Wildman–Crippen MR) is 401 cm³/mol. The maximum absolute atomic E-state index is 13.2. The summed E-state index contributed by atoms with van der Waals surface area (Å²) in [5.74, 6) is 2.41. The number of hydrogen-bond donors (Lipinski definition) is 2. The minimum Gasteiger partial charge on any atom is -0.505 e. The number of aromatic hydroxyl groups is 2. The van der Waals surface area contributed by atoms with Crippen LogP contribution >= 0.6 is 0 Å². The second-order valence-corrected chi connectivity index (χ2v) is 36.0. The van der Waals surface area contributed by atoms with Gasteiger partial charge in [-0.25, -0.2) is 0 Å². The number of fused-ring (bicyclic) bond motifs is 6. The van der Waals surface area contributed by atoms with E-state index in [0.717, 1.165) is 106 Å². The summed E-state index contributed by atoms with van der Waals surface area (Å²) >= 11 is 0. The second kappa shape index (κ2) is 24.3. The van der Waals surface area contributed by atoms with Gasteiger partial charge in [0.2, 0.25) is 0 Å². The van der Waals surface area contributed by atoms with Crippen molar-refractivity contribution in [2.24, 2.45) is 22.7 Å². The Morgan fingerprint density at radius 2 is 0.628 bits per heavy atom. The lowest BCUT2D eigenvalue weighted by Gasteiger charge is -2.34. The molecule has 0 bridgehead atoms. The van der Waals surface area contributed by atoms with Gasteiger partial charge in [-0.1, -0.05) is 226 Å². The first kappa shape index (κ1) is 68.0. The van der Waals surface area contributed by atoms with E-state index in [0.29, 0.717) is 13.2 Å². The molecule has 2 N–H and O–H groups in total. The lowest BCUT2D eigenvalue weighted by atomic mass is 9.71. The standard InChI is InChI=1S/C88H110N2O4/c1-81(2,3)53-87(19,20)61-47-69(79(91)75(49-61)89-71-39-35-57(83(7,8)9)43-65(71)66-44-58(84(10,11)12)36-40-72(66)89)63-31-25-27-33-77(63)93-51-55-29-23-24-30-56(55)52-94-78-34-28-26-32-64(78)70-48-62(88(21,22)54-82(4,5)6)50-76(80(70)92)90-73-41-37-59(85(13,14)15)45-67(73)68-46-60(86(16,17)18)38-42-74(68)90/h25-28,31-50,55-56,91-92H,23-24,29-30,51-54H2,1-22H3/t55-,56?/m0/s1. The summed E-state index contributed by atoms with van der Waals surface area (Å²) < 4.78 is 19.0. The van der Waals surface area contributed by atoms with E-state index in [-0.39, 0.29) is 66.7 Å². The second-order valence-electron chi connectivity index (χ2n) is 36.0. The van der Waals surface area contributed by atoms with Gasteiger partial charge in [-0.2, -0.15) is 0 Å². The monoisotopic (exact) mass is 1260 g/mol. The molecule has 0 saturated heterocycles. The Labute approximate surface area is 564 Å². The zero-order valence-corrected chi connectivity index (χ0v) is 61.3. The molecule has 496 valence electrons. The summed E-state index contributed by atoms with van der Waals surface area (Å²) in [7, 11) is 0. The maximum atomic E-state index is 13.2. The highest BCUT2D eigenvalue weighted by Gasteiger charge is 2.35. The fourth-order valence-corrected chi connectivity index (χ4v) is 15.8. The molecule has 2 atom stereocenters. The number of ether oxygens (including phenoxy) is 2. The van der Waals surface area contributed by atoms with E-state index in [1.807, 2.05) is 0 Å². The predicted octanol–water partition coefficient (Wildman–Crippen LogP) is 24.5. The number of rotatable bonds is 14. The number of nitrogens with zero attached hydrogens (tertiary/aromatic N) is 2. The van der Waals surface area contributed by atoms with Gasteiger partial charge in [0, 0.05) is 43.8 Å². The third-order valence-electron chi connectivity index (χ3n) is 20.5. The Morgan fingerprint density at radius 3 is 0.904 bits per heavy atom. The Balaban J connectivity index is 0.960. The fourth-order valence-electron chi connectivity index (χ4n) is 15.8. The van der Waals surface area contributed by atoms with Crippen LogP contribution in [0.1, 0.15) is 224 Å². The van der Waals surface area contributed by atoms with Gasteiger partial charge in [0.1, 0.15) is 23.0 Å². The molecule has 1 aliphatic carbocycles. The Kier molecular flexibility index (Phi) is 17.6. The van der Waals surface area contributed by atoms with Gasteiger partial charge in [0.25, 0.3) is 0 Å². The number of benzene rings is 8. The molecule has 11 rings (SSSR count). The van der Waals surface area contributed by atoms with Crippen LogP contribution in [0.4, 0.5) is 0 Å². The van der Waals surface area contributed by atoms with Crippen molar-refractivity contribution in [3.63, 3.8) is 0 Å². The first-order valence-corrected chi connectivity index (χ1v) is 35.1. The first-order chi connectivity index (χ1) is 43.7. The van der Waals surface area contributed by atoms with Crippen molar-refractivity contribution in [3.05, 3.63) is 179 Å². The molecule has 0 amide bonds. The highest BCUT2D eigenvalue weighted by atomic mass is 16.5. The van der Waals surface area contributed by atoms with Crippen LogP contribution in [-0.2, 0) is 32.5 Å². The van der Waals surface area contributed by atoms with Crippen LogP contribution in [-0.4, -0.2) is 32.6 Å². The molecule has 1 saturated carbocycles. The van der Waals surface area contributed by atoms with E-state index < -0.39 is 0 Å². The van der Waals surface area contributed by atoms with E-state index in [1.165, 1.54) is 54.9 Å². The van der Waals surface area contributed by atoms with Crippen LogP contribution in [0.2, 0.25) is 0 Å².